The number of carbonyl (C=O) groups excluding carboxylic acids is 2. The lowest BCUT2D eigenvalue weighted by atomic mass is 10.1. The summed E-state index contributed by atoms with van der Waals surface area (Å²) in [6.45, 7) is 4.93. The van der Waals surface area contributed by atoms with E-state index in [9.17, 15) is 14.7 Å². The van der Waals surface area contributed by atoms with Crippen LogP contribution in [0.1, 0.15) is 6.42 Å². The molecule has 3 aliphatic heterocycles. The van der Waals surface area contributed by atoms with E-state index in [0.29, 0.717) is 24.0 Å². The molecule has 3 aliphatic rings. The van der Waals surface area contributed by atoms with Gasteiger partial charge in [-0.15, -0.1) is 0 Å². The molecular weight excluding hydrogens is 456 g/mol. The van der Waals surface area contributed by atoms with Crippen molar-refractivity contribution in [2.75, 3.05) is 66.7 Å². The number of hydrogen-bond donors (Lipinski definition) is 3. The molecule has 3 saturated heterocycles. The van der Waals surface area contributed by atoms with E-state index in [-0.39, 0.29) is 13.2 Å². The number of rotatable bonds is 10. The van der Waals surface area contributed by atoms with Crippen LogP contribution in [0, 0.1) is 0 Å². The number of aliphatic hydroxyl groups excluding tert-OH is 1. The Morgan fingerprint density at radius 1 is 1.20 bits per heavy atom. The fourth-order valence-corrected chi connectivity index (χ4v) is 4.37. The van der Waals surface area contributed by atoms with Crippen molar-refractivity contribution in [1.82, 2.24) is 25.3 Å². The van der Waals surface area contributed by atoms with Crippen LogP contribution < -0.4 is 20.1 Å². The van der Waals surface area contributed by atoms with Crippen LogP contribution in [0.2, 0.25) is 0 Å². The standard InChI is InChI=1S/C23H34N6O6/c1-27-20-19(21(31)26-23(27)32)29(14-16(30)15-35-18-6-4-17(33-2)5-7-18)22(25-20)24-8-3-9-28-10-12-34-13-11-28/h4-7,16,19-20,30H,3,8-15H2,1-2H3,(H,24,25)(H,26,31,32). The van der Waals surface area contributed by atoms with E-state index in [1.807, 2.05) is 0 Å². The molecule has 3 heterocycles. The smallest absolute Gasteiger partial charge is 0.325 e. The van der Waals surface area contributed by atoms with Crippen LogP contribution in [0.15, 0.2) is 29.3 Å². The molecule has 3 unspecified atom stereocenters. The van der Waals surface area contributed by atoms with E-state index in [1.165, 1.54) is 4.90 Å². The molecule has 0 aromatic heterocycles. The number of benzene rings is 1. The molecular formula is C23H34N6O6. The van der Waals surface area contributed by atoms with E-state index in [2.05, 4.69) is 20.5 Å². The molecule has 3 N–H and O–H groups in total. The Morgan fingerprint density at radius 2 is 1.91 bits per heavy atom. The number of likely N-dealkylation sites (N-methyl/N-ethyl adjacent to an activating group) is 1. The molecule has 12 heteroatoms. The monoisotopic (exact) mass is 490 g/mol. The number of nitrogens with zero attached hydrogens (tertiary/aromatic N) is 4. The van der Waals surface area contributed by atoms with Gasteiger partial charge in [0, 0.05) is 33.2 Å². The molecule has 35 heavy (non-hydrogen) atoms. The highest BCUT2D eigenvalue weighted by atomic mass is 16.5. The molecule has 0 aliphatic carbocycles. The van der Waals surface area contributed by atoms with Crippen molar-refractivity contribution >= 4 is 17.9 Å². The molecule has 1 aromatic carbocycles. The number of β-amino-alcohol motifs (C(OH)–C–C–N with tert-alkyl or cyclic N) is 1. The summed E-state index contributed by atoms with van der Waals surface area (Å²) in [7, 11) is 3.21. The number of morpholine rings is 1. The van der Waals surface area contributed by atoms with E-state index >= 15 is 0 Å². The minimum absolute atomic E-state index is 0.0287. The Bertz CT molecular complexity index is 906. The number of aliphatic imine (C=N–C) groups is 1. The van der Waals surface area contributed by atoms with Gasteiger partial charge in [0.2, 0.25) is 0 Å². The Morgan fingerprint density at radius 3 is 2.63 bits per heavy atom. The first-order valence-electron chi connectivity index (χ1n) is 11.9. The average molecular weight is 491 g/mol. The molecule has 4 rings (SSSR count). The average Bonchev–Trinajstić information content (AvgIpc) is 3.23. The maximum absolute atomic E-state index is 12.7. The summed E-state index contributed by atoms with van der Waals surface area (Å²) in [6.07, 6.45) is -0.616. The topological polar surface area (TPSA) is 128 Å². The normalized spacial score (nSPS) is 24.7. The van der Waals surface area contributed by atoms with Gasteiger partial charge in [-0.25, -0.2) is 4.79 Å². The second-order valence-corrected chi connectivity index (χ2v) is 8.74. The first kappa shape index (κ1) is 25.0. The van der Waals surface area contributed by atoms with Gasteiger partial charge < -0.3 is 34.4 Å². The maximum atomic E-state index is 12.7. The number of fused-ring (bicyclic) bond motifs is 1. The molecule has 192 valence electrons. The van der Waals surface area contributed by atoms with Crippen molar-refractivity contribution in [1.29, 1.82) is 0 Å². The van der Waals surface area contributed by atoms with Crippen LogP contribution in [0.4, 0.5) is 4.79 Å². The number of guanidine groups is 1. The highest BCUT2D eigenvalue weighted by molar-refractivity contribution is 6.04. The van der Waals surface area contributed by atoms with Crippen molar-refractivity contribution in [3.8, 4) is 11.5 Å². The molecule has 0 radical (unpaired) electrons. The lowest BCUT2D eigenvalue weighted by Gasteiger charge is -2.35. The van der Waals surface area contributed by atoms with Crippen LogP contribution in [0.3, 0.4) is 0 Å². The number of ether oxygens (including phenoxy) is 3. The van der Waals surface area contributed by atoms with Gasteiger partial charge in [-0.3, -0.25) is 20.0 Å². The van der Waals surface area contributed by atoms with E-state index in [4.69, 9.17) is 14.2 Å². The van der Waals surface area contributed by atoms with Gasteiger partial charge in [-0.1, -0.05) is 0 Å². The van der Waals surface area contributed by atoms with E-state index < -0.39 is 30.2 Å². The van der Waals surface area contributed by atoms with Gasteiger partial charge in [0.25, 0.3) is 5.91 Å². The van der Waals surface area contributed by atoms with E-state index in [1.54, 1.807) is 43.3 Å². The number of urea groups is 1. The van der Waals surface area contributed by atoms with Crippen LogP contribution in [-0.2, 0) is 9.53 Å². The number of hydrogen-bond acceptors (Lipinski definition) is 8. The lowest BCUT2D eigenvalue weighted by Crippen LogP contribution is -2.65. The van der Waals surface area contributed by atoms with Crippen molar-refractivity contribution in [3.05, 3.63) is 24.3 Å². The second kappa shape index (κ2) is 11.6. The Kier molecular flexibility index (Phi) is 8.26. The molecule has 3 fully saturated rings. The SMILES string of the molecule is COc1ccc(OCC(O)CN2C(=NCCCN3CCOCC3)NC3C2C(=O)NC(=O)N3C)cc1. The summed E-state index contributed by atoms with van der Waals surface area (Å²) in [5.41, 5.74) is 0. The molecule has 0 spiro atoms. The summed E-state index contributed by atoms with van der Waals surface area (Å²) >= 11 is 0. The van der Waals surface area contributed by atoms with Crippen LogP contribution in [-0.4, -0.2) is 123 Å². The van der Waals surface area contributed by atoms with Crippen molar-refractivity contribution in [3.63, 3.8) is 0 Å². The van der Waals surface area contributed by atoms with Crippen LogP contribution in [0.5, 0.6) is 11.5 Å². The molecule has 12 nitrogen and oxygen atoms in total. The second-order valence-electron chi connectivity index (χ2n) is 8.74. The Hall–Kier alpha value is -3.09. The number of amides is 3. The summed E-state index contributed by atoms with van der Waals surface area (Å²) in [6, 6.07) is 5.90. The lowest BCUT2D eigenvalue weighted by molar-refractivity contribution is -0.127. The zero-order chi connectivity index (χ0) is 24.8. The van der Waals surface area contributed by atoms with Gasteiger partial charge in [-0.2, -0.15) is 0 Å². The van der Waals surface area contributed by atoms with Crippen LogP contribution in [0.25, 0.3) is 0 Å². The highest BCUT2D eigenvalue weighted by Gasteiger charge is 2.50. The van der Waals surface area contributed by atoms with Crippen LogP contribution >= 0.6 is 0 Å². The molecule has 3 atom stereocenters. The molecule has 0 saturated carbocycles. The first-order valence-corrected chi connectivity index (χ1v) is 11.9. The number of imide groups is 1. The zero-order valence-electron chi connectivity index (χ0n) is 20.2. The first-order chi connectivity index (χ1) is 17.0. The van der Waals surface area contributed by atoms with Crippen molar-refractivity contribution in [2.45, 2.75) is 24.7 Å². The van der Waals surface area contributed by atoms with Gasteiger partial charge >= 0.3 is 6.03 Å². The number of nitrogens with one attached hydrogen (secondary N) is 2. The van der Waals surface area contributed by atoms with E-state index in [0.717, 1.165) is 39.3 Å². The fraction of sp³-hybridized carbons (Fsp3) is 0.609. The van der Waals surface area contributed by atoms with Gasteiger partial charge in [0.1, 0.15) is 30.4 Å². The quantitative estimate of drug-likeness (QED) is 0.365. The minimum Gasteiger partial charge on any atom is -0.497 e. The Balaban J connectivity index is 1.38. The zero-order valence-corrected chi connectivity index (χ0v) is 20.2. The van der Waals surface area contributed by atoms with Gasteiger partial charge in [0.15, 0.2) is 12.0 Å². The number of carbonyl (C=O) groups is 2. The summed E-state index contributed by atoms with van der Waals surface area (Å²) < 4.78 is 16.2. The summed E-state index contributed by atoms with van der Waals surface area (Å²) in [5.74, 6) is 1.37. The van der Waals surface area contributed by atoms with Gasteiger partial charge in [-0.05, 0) is 30.7 Å². The molecule has 1 aromatic rings. The Labute approximate surface area is 204 Å². The maximum Gasteiger partial charge on any atom is 0.325 e. The predicted molar refractivity (Wildman–Crippen MR) is 127 cm³/mol. The van der Waals surface area contributed by atoms with Gasteiger partial charge in [0.05, 0.1) is 26.9 Å². The fourth-order valence-electron chi connectivity index (χ4n) is 4.37. The highest BCUT2D eigenvalue weighted by Crippen LogP contribution is 2.22. The number of methoxy groups -OCH3 is 1. The largest absolute Gasteiger partial charge is 0.497 e. The third kappa shape index (κ3) is 6.13. The predicted octanol–water partition coefficient (Wildman–Crippen LogP) is -0.705. The number of aliphatic hydroxyl groups is 1. The molecule has 3 amide bonds. The van der Waals surface area contributed by atoms with Crippen molar-refractivity contribution in [2.24, 2.45) is 4.99 Å². The third-order valence-corrected chi connectivity index (χ3v) is 6.33. The third-order valence-electron chi connectivity index (χ3n) is 6.33. The summed E-state index contributed by atoms with van der Waals surface area (Å²) in [5, 5.41) is 16.3. The summed E-state index contributed by atoms with van der Waals surface area (Å²) in [4.78, 5) is 35.0. The van der Waals surface area contributed by atoms with Crippen molar-refractivity contribution < 1.29 is 28.9 Å². The minimum atomic E-state index is -0.896. The molecule has 0 bridgehead atoms.